The van der Waals surface area contributed by atoms with Crippen molar-refractivity contribution >= 4 is 0 Å². The second-order valence-electron chi connectivity index (χ2n) is 13.4. The van der Waals surface area contributed by atoms with E-state index in [-0.39, 0.29) is 13.2 Å². The summed E-state index contributed by atoms with van der Waals surface area (Å²) in [6, 6.07) is 18.6. The number of halogens is 2. The summed E-state index contributed by atoms with van der Waals surface area (Å²) in [5.41, 5.74) is 12.3. The number of hydrogen-bond acceptors (Lipinski definition) is 6. The molecule has 8 heteroatoms. The fraction of sp³-hybridized carbons (Fsp3) is 0.415. The summed E-state index contributed by atoms with van der Waals surface area (Å²) < 4.78 is 36.2. The van der Waals surface area contributed by atoms with Crippen LogP contribution < -0.4 is 9.47 Å². The SMILES string of the molecule is CCN1CCc2cc(OCCF)cc3c2C1Cc1ccc(C)c(O)c1-3.CCN1CCc2cc(OCCF)cc3c2C1Cc1cccc(O)c1-3. The van der Waals surface area contributed by atoms with Gasteiger partial charge in [0.05, 0.1) is 0 Å². The molecule has 0 saturated carbocycles. The van der Waals surface area contributed by atoms with Gasteiger partial charge in [0.25, 0.3) is 0 Å². The van der Waals surface area contributed by atoms with Crippen LogP contribution in [0.2, 0.25) is 0 Å². The first-order valence-electron chi connectivity index (χ1n) is 17.7. The molecule has 49 heavy (non-hydrogen) atoms. The molecule has 2 aliphatic carbocycles. The summed E-state index contributed by atoms with van der Waals surface area (Å²) >= 11 is 0. The molecule has 2 unspecified atom stereocenters. The lowest BCUT2D eigenvalue weighted by molar-refractivity contribution is 0.192. The van der Waals surface area contributed by atoms with Gasteiger partial charge in [0.1, 0.15) is 49.6 Å². The zero-order chi connectivity index (χ0) is 34.2. The second kappa shape index (κ2) is 14.0. The Hall–Kier alpha value is -4.14. The van der Waals surface area contributed by atoms with Crippen molar-refractivity contribution in [1.82, 2.24) is 9.80 Å². The number of aryl methyl sites for hydroxylation is 1. The van der Waals surface area contributed by atoms with Gasteiger partial charge in [0.2, 0.25) is 0 Å². The molecule has 0 fully saturated rings. The van der Waals surface area contributed by atoms with Gasteiger partial charge in [-0.2, -0.15) is 0 Å². The molecule has 4 aromatic carbocycles. The van der Waals surface area contributed by atoms with Crippen LogP contribution in [-0.2, 0) is 25.7 Å². The maximum Gasteiger partial charge on any atom is 0.126 e. The van der Waals surface area contributed by atoms with Gasteiger partial charge in [-0.3, -0.25) is 9.80 Å². The molecule has 0 saturated heterocycles. The van der Waals surface area contributed by atoms with Crippen molar-refractivity contribution in [2.24, 2.45) is 0 Å². The van der Waals surface area contributed by atoms with Gasteiger partial charge < -0.3 is 19.7 Å². The zero-order valence-electron chi connectivity index (χ0n) is 28.7. The largest absolute Gasteiger partial charge is 0.507 e. The van der Waals surface area contributed by atoms with Gasteiger partial charge in [-0.25, -0.2) is 8.78 Å². The van der Waals surface area contributed by atoms with Crippen molar-refractivity contribution in [2.45, 2.75) is 58.5 Å². The Labute approximate surface area is 287 Å². The Morgan fingerprint density at radius 1 is 0.694 bits per heavy atom. The summed E-state index contributed by atoms with van der Waals surface area (Å²) in [4.78, 5) is 5.01. The fourth-order valence-corrected chi connectivity index (χ4v) is 8.58. The number of benzene rings is 4. The Kier molecular flexibility index (Phi) is 9.53. The maximum absolute atomic E-state index is 12.6. The van der Waals surface area contributed by atoms with E-state index < -0.39 is 13.3 Å². The number of likely N-dealkylation sites (N-methyl/N-ethyl adjacent to an activating group) is 2. The summed E-state index contributed by atoms with van der Waals surface area (Å²) in [5.74, 6) is 2.06. The molecular weight excluding hydrogens is 622 g/mol. The molecule has 8 rings (SSSR count). The van der Waals surface area contributed by atoms with Crippen molar-refractivity contribution in [1.29, 1.82) is 0 Å². The summed E-state index contributed by atoms with van der Waals surface area (Å²) in [7, 11) is 0. The lowest BCUT2D eigenvalue weighted by atomic mass is 9.76. The van der Waals surface area contributed by atoms with Crippen LogP contribution in [0.3, 0.4) is 0 Å². The van der Waals surface area contributed by atoms with E-state index in [2.05, 4.69) is 47.9 Å². The molecule has 0 bridgehead atoms. The van der Waals surface area contributed by atoms with Crippen molar-refractivity contribution in [3.05, 3.63) is 93.5 Å². The first kappa shape index (κ1) is 33.4. The van der Waals surface area contributed by atoms with Crippen LogP contribution in [-0.4, -0.2) is 72.8 Å². The van der Waals surface area contributed by atoms with Gasteiger partial charge in [-0.15, -0.1) is 0 Å². The van der Waals surface area contributed by atoms with Gasteiger partial charge in [0, 0.05) is 36.3 Å². The van der Waals surface area contributed by atoms with E-state index in [1.165, 1.54) is 33.4 Å². The molecule has 2 N–H and O–H groups in total. The summed E-state index contributed by atoms with van der Waals surface area (Å²) in [6.07, 6.45) is 3.76. The van der Waals surface area contributed by atoms with Crippen LogP contribution in [0.15, 0.2) is 54.6 Å². The van der Waals surface area contributed by atoms with Crippen molar-refractivity contribution < 1.29 is 28.5 Å². The van der Waals surface area contributed by atoms with Crippen LogP contribution in [0.5, 0.6) is 23.0 Å². The van der Waals surface area contributed by atoms with Crippen LogP contribution in [0, 0.1) is 6.92 Å². The van der Waals surface area contributed by atoms with Crippen LogP contribution in [0.4, 0.5) is 8.78 Å². The molecule has 2 heterocycles. The van der Waals surface area contributed by atoms with Gasteiger partial charge in [-0.05, 0) is 126 Å². The molecule has 0 amide bonds. The molecule has 0 spiro atoms. The van der Waals surface area contributed by atoms with Crippen LogP contribution >= 0.6 is 0 Å². The van der Waals surface area contributed by atoms with E-state index >= 15 is 0 Å². The highest BCUT2D eigenvalue weighted by atomic mass is 19.1. The Balaban J connectivity index is 0.000000154. The highest BCUT2D eigenvalue weighted by Crippen LogP contribution is 2.51. The topological polar surface area (TPSA) is 65.4 Å². The zero-order valence-corrected chi connectivity index (χ0v) is 28.7. The first-order chi connectivity index (χ1) is 23.9. The molecular formula is C41H46F2N2O4. The third kappa shape index (κ3) is 6.03. The number of phenols is 2. The number of alkyl halides is 2. The molecule has 0 aromatic heterocycles. The van der Waals surface area contributed by atoms with Crippen molar-refractivity contribution in [3.8, 4) is 45.3 Å². The van der Waals surface area contributed by atoms with Crippen LogP contribution in [0.1, 0.15) is 64.9 Å². The molecule has 6 nitrogen and oxygen atoms in total. The number of phenolic OH excluding ortho intramolecular Hbond substituents is 2. The monoisotopic (exact) mass is 668 g/mol. The standard InChI is InChI=1S/C21H24FNO2.C20H22FNO2/c1-3-23-8-6-15-10-16(25-9-7-22)12-17-19(15)18(23)11-14-5-4-13(2)21(24)20(14)17;1-2-22-8-6-14-10-15(24-9-7-21)12-16-19(14)17(22)11-13-4-3-5-18(23)20(13)16/h4-5,10,12,18,24H,3,6-9,11H2,1-2H3;3-5,10,12,17,23H,2,6-9,11H2,1H3. The molecule has 4 aliphatic rings. The first-order valence-corrected chi connectivity index (χ1v) is 17.7. The van der Waals surface area contributed by atoms with Crippen molar-refractivity contribution in [2.75, 3.05) is 52.7 Å². The Morgan fingerprint density at radius 3 is 1.76 bits per heavy atom. The number of fused-ring (bicyclic) bond motifs is 4. The fourth-order valence-electron chi connectivity index (χ4n) is 8.58. The average Bonchev–Trinajstić information content (AvgIpc) is 3.11. The molecule has 0 radical (unpaired) electrons. The van der Waals surface area contributed by atoms with E-state index in [4.69, 9.17) is 9.47 Å². The van der Waals surface area contributed by atoms with Gasteiger partial charge >= 0.3 is 0 Å². The predicted molar refractivity (Wildman–Crippen MR) is 190 cm³/mol. The number of aromatic hydroxyl groups is 2. The minimum absolute atomic E-state index is 0.0649. The highest BCUT2D eigenvalue weighted by molar-refractivity contribution is 5.83. The Bertz CT molecular complexity index is 1860. The summed E-state index contributed by atoms with van der Waals surface area (Å²) in [5, 5.41) is 21.2. The van der Waals surface area contributed by atoms with E-state index in [9.17, 15) is 19.0 Å². The number of nitrogens with zero attached hydrogens (tertiary/aromatic N) is 2. The van der Waals surface area contributed by atoms with E-state index in [1.807, 2.05) is 31.2 Å². The van der Waals surface area contributed by atoms with Crippen LogP contribution in [0.25, 0.3) is 22.3 Å². The lowest BCUT2D eigenvalue weighted by Crippen LogP contribution is -2.38. The third-order valence-corrected chi connectivity index (χ3v) is 10.8. The predicted octanol–water partition coefficient (Wildman–Crippen LogP) is 8.07. The number of ether oxygens (including phenoxy) is 2. The van der Waals surface area contributed by atoms with E-state index in [0.717, 1.165) is 79.7 Å². The Morgan fingerprint density at radius 2 is 1.22 bits per heavy atom. The van der Waals surface area contributed by atoms with Gasteiger partial charge in [-0.1, -0.05) is 38.1 Å². The normalized spacial score (nSPS) is 18.7. The second-order valence-corrected chi connectivity index (χ2v) is 13.4. The summed E-state index contributed by atoms with van der Waals surface area (Å²) in [6.45, 7) is 9.52. The minimum Gasteiger partial charge on any atom is -0.507 e. The molecule has 2 aliphatic heterocycles. The molecule has 4 aromatic rings. The highest BCUT2D eigenvalue weighted by Gasteiger charge is 2.37. The van der Waals surface area contributed by atoms with Crippen molar-refractivity contribution in [3.63, 3.8) is 0 Å². The minimum atomic E-state index is -0.500. The van der Waals surface area contributed by atoms with E-state index in [1.54, 1.807) is 6.07 Å². The smallest absolute Gasteiger partial charge is 0.126 e. The van der Waals surface area contributed by atoms with Gasteiger partial charge in [0.15, 0.2) is 0 Å². The average molecular weight is 669 g/mol. The third-order valence-electron chi connectivity index (χ3n) is 10.8. The van der Waals surface area contributed by atoms with E-state index in [0.29, 0.717) is 35.1 Å². The number of hydrogen-bond donors (Lipinski definition) is 2. The maximum atomic E-state index is 12.6. The number of rotatable bonds is 8. The quantitative estimate of drug-likeness (QED) is 0.198. The molecule has 2 atom stereocenters. The molecule has 258 valence electrons. The lowest BCUT2D eigenvalue weighted by Gasteiger charge is -2.41.